The number of fused-ring (bicyclic) bond motifs is 1. The largest absolute Gasteiger partial charge is 0.416 e. The number of hydrogen-bond donors (Lipinski definition) is 1. The van der Waals surface area contributed by atoms with Crippen LogP contribution in [0.5, 0.6) is 0 Å². The maximum absolute atomic E-state index is 13.5. The van der Waals surface area contributed by atoms with Crippen molar-refractivity contribution in [1.82, 2.24) is 14.5 Å². The topological polar surface area (TPSA) is 73.1 Å². The van der Waals surface area contributed by atoms with Crippen LogP contribution in [0.25, 0.3) is 16.6 Å². The van der Waals surface area contributed by atoms with Gasteiger partial charge in [0.15, 0.2) is 0 Å². The van der Waals surface area contributed by atoms with Crippen LogP contribution in [0, 0.1) is 0 Å². The van der Waals surface area contributed by atoms with Gasteiger partial charge in [-0.25, -0.2) is 9.36 Å². The molecule has 0 spiro atoms. The van der Waals surface area contributed by atoms with E-state index >= 15 is 0 Å². The number of aryl methyl sites for hydroxylation is 1. The number of carbonyl (C=O) groups excluding carboxylic acids is 1. The molecule has 1 heterocycles. The smallest absolute Gasteiger partial charge is 0.350 e. The first-order valence-electron chi connectivity index (χ1n) is 11.0. The number of benzene rings is 3. The van der Waals surface area contributed by atoms with Gasteiger partial charge in [0.05, 0.1) is 22.2 Å². The number of nitrogens with one attached hydrogen (secondary N) is 1. The van der Waals surface area contributed by atoms with Crippen LogP contribution < -0.4 is 16.6 Å². The molecule has 3 aromatic carbocycles. The Labute approximate surface area is 198 Å². The molecule has 6 nitrogen and oxygen atoms in total. The normalized spacial score (nSPS) is 11.5. The zero-order valence-electron chi connectivity index (χ0n) is 18.8. The lowest BCUT2D eigenvalue weighted by Crippen LogP contribution is -2.42. The molecule has 0 unspecified atom stereocenters. The third-order valence-electron chi connectivity index (χ3n) is 5.71. The van der Waals surface area contributed by atoms with Gasteiger partial charge in [0.2, 0.25) is 5.91 Å². The van der Waals surface area contributed by atoms with Crippen molar-refractivity contribution in [2.75, 3.05) is 0 Å². The van der Waals surface area contributed by atoms with Crippen LogP contribution in [0.2, 0.25) is 0 Å². The lowest BCUT2D eigenvalue weighted by molar-refractivity contribution is -0.137. The van der Waals surface area contributed by atoms with Crippen LogP contribution in [0.15, 0.2) is 82.4 Å². The van der Waals surface area contributed by atoms with Crippen molar-refractivity contribution in [3.05, 3.63) is 110 Å². The minimum Gasteiger partial charge on any atom is -0.350 e. The second-order valence-electron chi connectivity index (χ2n) is 7.98. The molecule has 180 valence electrons. The Morgan fingerprint density at radius 2 is 1.66 bits per heavy atom. The molecule has 0 bridgehead atoms. The molecule has 0 aliphatic carbocycles. The Hall–Kier alpha value is -4.14. The van der Waals surface area contributed by atoms with Crippen LogP contribution in [-0.4, -0.2) is 15.0 Å². The summed E-state index contributed by atoms with van der Waals surface area (Å²) in [5.74, 6) is -0.580. The number of halogens is 3. The van der Waals surface area contributed by atoms with Gasteiger partial charge >= 0.3 is 11.9 Å². The molecule has 9 heteroatoms. The predicted octanol–water partition coefficient (Wildman–Crippen LogP) is 4.05. The summed E-state index contributed by atoms with van der Waals surface area (Å²) in [5.41, 5.74) is -0.186. The van der Waals surface area contributed by atoms with E-state index in [-0.39, 0.29) is 17.5 Å². The van der Waals surface area contributed by atoms with Gasteiger partial charge < -0.3 is 5.32 Å². The van der Waals surface area contributed by atoms with Crippen LogP contribution in [-0.2, 0) is 30.5 Å². The minimum atomic E-state index is -4.49. The molecular weight excluding hydrogens is 459 g/mol. The zero-order chi connectivity index (χ0) is 25.2. The van der Waals surface area contributed by atoms with E-state index in [1.807, 2.05) is 19.1 Å². The van der Waals surface area contributed by atoms with Crippen molar-refractivity contribution in [3.8, 4) is 5.69 Å². The summed E-state index contributed by atoms with van der Waals surface area (Å²) >= 11 is 0. The molecule has 0 saturated carbocycles. The van der Waals surface area contributed by atoms with E-state index in [4.69, 9.17) is 0 Å². The van der Waals surface area contributed by atoms with Gasteiger partial charge in [0.25, 0.3) is 5.56 Å². The van der Waals surface area contributed by atoms with Gasteiger partial charge in [-0.15, -0.1) is 0 Å². The second-order valence-corrected chi connectivity index (χ2v) is 7.98. The van der Waals surface area contributed by atoms with E-state index in [1.54, 1.807) is 36.4 Å². The molecule has 0 radical (unpaired) electrons. The Balaban J connectivity index is 1.70. The average Bonchev–Trinajstić information content (AvgIpc) is 2.85. The summed E-state index contributed by atoms with van der Waals surface area (Å²) < 4.78 is 41.1. The Morgan fingerprint density at radius 1 is 0.943 bits per heavy atom. The van der Waals surface area contributed by atoms with E-state index in [1.165, 1.54) is 16.7 Å². The molecule has 0 saturated heterocycles. The van der Waals surface area contributed by atoms with Gasteiger partial charge in [-0.1, -0.05) is 49.4 Å². The number of para-hydroxylation sites is 2. The summed E-state index contributed by atoms with van der Waals surface area (Å²) in [6, 6.07) is 18.2. The number of aromatic nitrogens is 2. The monoisotopic (exact) mass is 481 g/mol. The maximum Gasteiger partial charge on any atom is 0.416 e. The van der Waals surface area contributed by atoms with Crippen molar-refractivity contribution in [2.24, 2.45) is 0 Å². The highest BCUT2D eigenvalue weighted by Gasteiger charge is 2.30. The number of amides is 1. The summed E-state index contributed by atoms with van der Waals surface area (Å²) in [4.78, 5) is 39.4. The zero-order valence-corrected chi connectivity index (χ0v) is 18.8. The second kappa shape index (κ2) is 9.61. The molecule has 1 aromatic heterocycles. The van der Waals surface area contributed by atoms with Gasteiger partial charge in [-0.05, 0) is 47.9 Å². The van der Waals surface area contributed by atoms with E-state index in [9.17, 15) is 27.6 Å². The maximum atomic E-state index is 13.5. The minimum absolute atomic E-state index is 0.145. The fourth-order valence-corrected chi connectivity index (χ4v) is 3.97. The molecular formula is C26H22F3N3O3. The number of carbonyl (C=O) groups is 1. The molecule has 4 rings (SSSR count). The number of hydrogen-bond acceptors (Lipinski definition) is 3. The molecule has 35 heavy (non-hydrogen) atoms. The highest BCUT2D eigenvalue weighted by atomic mass is 19.4. The van der Waals surface area contributed by atoms with Crippen LogP contribution >= 0.6 is 0 Å². The van der Waals surface area contributed by atoms with E-state index in [2.05, 4.69) is 5.32 Å². The summed E-state index contributed by atoms with van der Waals surface area (Å²) in [5, 5.41) is 2.83. The molecule has 1 amide bonds. The van der Waals surface area contributed by atoms with Crippen molar-refractivity contribution >= 4 is 16.8 Å². The third-order valence-corrected chi connectivity index (χ3v) is 5.71. The first-order valence-corrected chi connectivity index (χ1v) is 11.0. The molecule has 0 aliphatic rings. The lowest BCUT2D eigenvalue weighted by atomic mass is 10.1. The van der Waals surface area contributed by atoms with Crippen LogP contribution in [0.3, 0.4) is 0 Å². The third kappa shape index (κ3) is 4.89. The lowest BCUT2D eigenvalue weighted by Gasteiger charge is -2.16. The predicted molar refractivity (Wildman–Crippen MR) is 126 cm³/mol. The SMILES string of the molecule is CCc1ccccc1-n1c(=O)c2ccccc2n(CC(=O)NCc2cccc(C(F)(F)F)c2)c1=O. The van der Waals surface area contributed by atoms with Gasteiger partial charge in [-0.3, -0.25) is 14.2 Å². The summed E-state index contributed by atoms with van der Waals surface area (Å²) in [6.45, 7) is 1.35. The summed E-state index contributed by atoms with van der Waals surface area (Å²) in [6.07, 6.45) is -3.90. The van der Waals surface area contributed by atoms with E-state index in [0.717, 1.165) is 22.3 Å². The Kier molecular flexibility index (Phi) is 6.59. The van der Waals surface area contributed by atoms with Crippen molar-refractivity contribution in [1.29, 1.82) is 0 Å². The standard InChI is InChI=1S/C26H22F3N3O3/c1-2-18-9-3-5-12-21(18)32-24(34)20-11-4-6-13-22(20)31(25(32)35)16-23(33)30-15-17-8-7-10-19(14-17)26(27,28)29/h3-14H,2,15-16H2,1H3,(H,30,33). The van der Waals surface area contributed by atoms with E-state index < -0.39 is 35.4 Å². The Bertz CT molecular complexity index is 1520. The van der Waals surface area contributed by atoms with Crippen LogP contribution in [0.1, 0.15) is 23.6 Å². The fourth-order valence-electron chi connectivity index (χ4n) is 3.97. The summed E-state index contributed by atoms with van der Waals surface area (Å²) in [7, 11) is 0. The molecule has 4 aromatic rings. The van der Waals surface area contributed by atoms with Crippen LogP contribution in [0.4, 0.5) is 13.2 Å². The highest BCUT2D eigenvalue weighted by Crippen LogP contribution is 2.29. The number of rotatable bonds is 6. The quantitative estimate of drug-likeness (QED) is 0.452. The van der Waals surface area contributed by atoms with Gasteiger partial charge in [0.1, 0.15) is 6.54 Å². The number of nitrogens with zero attached hydrogens (tertiary/aromatic N) is 2. The first-order chi connectivity index (χ1) is 16.7. The van der Waals surface area contributed by atoms with E-state index in [0.29, 0.717) is 17.6 Å². The Morgan fingerprint density at radius 3 is 2.40 bits per heavy atom. The average molecular weight is 481 g/mol. The molecule has 0 atom stereocenters. The molecule has 1 N–H and O–H groups in total. The number of alkyl halides is 3. The molecule has 0 aliphatic heterocycles. The van der Waals surface area contributed by atoms with Crippen molar-refractivity contribution < 1.29 is 18.0 Å². The fraction of sp³-hybridized carbons (Fsp3) is 0.192. The molecule has 0 fully saturated rings. The van der Waals surface area contributed by atoms with Gasteiger partial charge in [-0.2, -0.15) is 13.2 Å². The van der Waals surface area contributed by atoms with Crippen molar-refractivity contribution in [2.45, 2.75) is 32.6 Å². The van der Waals surface area contributed by atoms with Gasteiger partial charge in [0, 0.05) is 6.54 Å². The highest BCUT2D eigenvalue weighted by molar-refractivity contribution is 5.82. The first kappa shape index (κ1) is 24.0. The van der Waals surface area contributed by atoms with Crippen molar-refractivity contribution in [3.63, 3.8) is 0 Å².